The van der Waals surface area contributed by atoms with E-state index < -0.39 is 0 Å². The highest BCUT2D eigenvalue weighted by molar-refractivity contribution is 6.06. The van der Waals surface area contributed by atoms with E-state index in [0.29, 0.717) is 30.4 Å². The molecule has 0 aromatic heterocycles. The first-order chi connectivity index (χ1) is 14.0. The van der Waals surface area contributed by atoms with Crippen LogP contribution < -0.4 is 14.8 Å². The molecular weight excluding hydrogens is 372 g/mol. The number of nitrogens with zero attached hydrogens (tertiary/aromatic N) is 1. The predicted octanol–water partition coefficient (Wildman–Crippen LogP) is 2.62. The van der Waals surface area contributed by atoms with Crippen LogP contribution in [0.4, 0.5) is 5.69 Å². The van der Waals surface area contributed by atoms with Crippen LogP contribution in [0, 0.1) is 23.7 Å². The largest absolute Gasteiger partial charge is 0.494 e. The van der Waals surface area contributed by atoms with E-state index in [-0.39, 0.29) is 54.4 Å². The lowest BCUT2D eigenvalue weighted by Gasteiger charge is -2.17. The summed E-state index contributed by atoms with van der Waals surface area (Å²) in [6.45, 7) is 4.83. The van der Waals surface area contributed by atoms with Crippen molar-refractivity contribution in [2.24, 2.45) is 23.7 Å². The van der Waals surface area contributed by atoms with Crippen molar-refractivity contribution in [1.29, 1.82) is 0 Å². The number of allylic oxidation sites excluding steroid dienone is 2. The number of carbonyl (C=O) groups is 3. The first-order valence-electron chi connectivity index (χ1n) is 10.3. The van der Waals surface area contributed by atoms with Gasteiger partial charge < -0.3 is 14.8 Å². The monoisotopic (exact) mass is 398 g/mol. The molecule has 154 valence electrons. The molecular formula is C22H26N2O5. The van der Waals surface area contributed by atoms with Crippen LogP contribution in [0.25, 0.3) is 0 Å². The summed E-state index contributed by atoms with van der Waals surface area (Å²) in [5.74, 6) is 0.544. The zero-order valence-corrected chi connectivity index (χ0v) is 16.7. The molecule has 29 heavy (non-hydrogen) atoms. The lowest BCUT2D eigenvalue weighted by molar-refractivity contribution is -0.140. The number of hydrogen-bond acceptors (Lipinski definition) is 5. The Kier molecular flexibility index (Phi) is 5.30. The number of likely N-dealkylation sites (tertiary alicyclic amines) is 1. The standard InChI is InChI=1S/C22H26N2O5/c1-3-28-15-7-8-17(29-4-2)16(12-15)23-18(25)9-10-24-21(26)19-13-5-6-14(11-13)20(19)22(24)27/h5-8,12-14,19-20H,3-4,9-11H2,1-2H3,(H,23,25). The second-order valence-electron chi connectivity index (χ2n) is 7.65. The molecule has 7 heteroatoms. The lowest BCUT2D eigenvalue weighted by Crippen LogP contribution is -2.35. The molecule has 0 radical (unpaired) electrons. The number of hydrogen-bond donors (Lipinski definition) is 1. The Morgan fingerprint density at radius 1 is 1.07 bits per heavy atom. The smallest absolute Gasteiger partial charge is 0.233 e. The Morgan fingerprint density at radius 3 is 2.34 bits per heavy atom. The van der Waals surface area contributed by atoms with Crippen molar-refractivity contribution >= 4 is 23.4 Å². The highest BCUT2D eigenvalue weighted by Crippen LogP contribution is 2.52. The topological polar surface area (TPSA) is 84.9 Å². The number of nitrogens with one attached hydrogen (secondary N) is 1. The second kappa shape index (κ2) is 7.89. The average molecular weight is 398 g/mol. The van der Waals surface area contributed by atoms with Crippen LogP contribution in [0.2, 0.25) is 0 Å². The Hall–Kier alpha value is -2.83. The SMILES string of the molecule is CCOc1ccc(OCC)c(NC(=O)CCN2C(=O)C3C4C=CC(C4)C3C2=O)c1. The molecule has 1 saturated heterocycles. The van der Waals surface area contributed by atoms with E-state index in [1.54, 1.807) is 18.2 Å². The number of carbonyl (C=O) groups excluding carboxylic acids is 3. The zero-order chi connectivity index (χ0) is 20.5. The molecule has 2 bridgehead atoms. The Morgan fingerprint density at radius 2 is 1.72 bits per heavy atom. The van der Waals surface area contributed by atoms with Gasteiger partial charge in [-0.2, -0.15) is 0 Å². The van der Waals surface area contributed by atoms with E-state index in [1.807, 2.05) is 13.8 Å². The van der Waals surface area contributed by atoms with Crippen LogP contribution in [0.1, 0.15) is 26.7 Å². The molecule has 2 aliphatic carbocycles. The molecule has 1 aromatic carbocycles. The van der Waals surface area contributed by atoms with E-state index in [4.69, 9.17) is 9.47 Å². The molecule has 1 N–H and O–H groups in total. The summed E-state index contributed by atoms with van der Waals surface area (Å²) in [5.41, 5.74) is 0.515. The lowest BCUT2D eigenvalue weighted by atomic mass is 9.85. The van der Waals surface area contributed by atoms with Crippen molar-refractivity contribution in [3.63, 3.8) is 0 Å². The van der Waals surface area contributed by atoms with E-state index in [9.17, 15) is 14.4 Å². The molecule has 1 heterocycles. The number of imide groups is 1. The quantitative estimate of drug-likeness (QED) is 0.537. The molecule has 0 spiro atoms. The molecule has 1 aromatic rings. The van der Waals surface area contributed by atoms with Gasteiger partial charge in [0.1, 0.15) is 11.5 Å². The number of benzene rings is 1. The summed E-state index contributed by atoms with van der Waals surface area (Å²) in [4.78, 5) is 39.2. The van der Waals surface area contributed by atoms with E-state index >= 15 is 0 Å². The van der Waals surface area contributed by atoms with Crippen molar-refractivity contribution in [3.05, 3.63) is 30.4 Å². The van der Waals surface area contributed by atoms with Crippen LogP contribution >= 0.6 is 0 Å². The number of fused-ring (bicyclic) bond motifs is 5. The summed E-state index contributed by atoms with van der Waals surface area (Å²) < 4.78 is 11.1. The van der Waals surface area contributed by atoms with Gasteiger partial charge >= 0.3 is 0 Å². The summed E-state index contributed by atoms with van der Waals surface area (Å²) >= 11 is 0. The fourth-order valence-electron chi connectivity index (χ4n) is 4.76. The Balaban J connectivity index is 1.39. The summed E-state index contributed by atoms with van der Waals surface area (Å²) in [7, 11) is 0. The molecule has 4 unspecified atom stereocenters. The number of anilines is 1. The van der Waals surface area contributed by atoms with Crippen molar-refractivity contribution < 1.29 is 23.9 Å². The van der Waals surface area contributed by atoms with Crippen LogP contribution in [-0.4, -0.2) is 42.4 Å². The minimum absolute atomic E-state index is 0.0457. The Labute approximate surface area is 170 Å². The zero-order valence-electron chi connectivity index (χ0n) is 16.7. The van der Waals surface area contributed by atoms with E-state index in [0.717, 1.165) is 6.42 Å². The number of amides is 3. The van der Waals surface area contributed by atoms with Gasteiger partial charge in [0.25, 0.3) is 0 Å². The van der Waals surface area contributed by atoms with Gasteiger partial charge in [-0.3, -0.25) is 19.3 Å². The van der Waals surface area contributed by atoms with Crippen LogP contribution in [-0.2, 0) is 14.4 Å². The third kappa shape index (κ3) is 3.50. The molecule has 4 rings (SSSR count). The Bertz CT molecular complexity index is 835. The highest BCUT2D eigenvalue weighted by atomic mass is 16.5. The number of ether oxygens (including phenoxy) is 2. The molecule has 3 amide bonds. The van der Waals surface area contributed by atoms with Crippen molar-refractivity contribution in [1.82, 2.24) is 4.90 Å². The van der Waals surface area contributed by atoms with Gasteiger partial charge in [-0.1, -0.05) is 12.2 Å². The van der Waals surface area contributed by atoms with Gasteiger partial charge in [0.15, 0.2) is 0 Å². The maximum absolute atomic E-state index is 12.7. The van der Waals surface area contributed by atoms with Crippen LogP contribution in [0.5, 0.6) is 11.5 Å². The second-order valence-corrected chi connectivity index (χ2v) is 7.65. The van der Waals surface area contributed by atoms with Gasteiger partial charge in [-0.25, -0.2) is 0 Å². The first kappa shape index (κ1) is 19.5. The van der Waals surface area contributed by atoms with E-state index in [2.05, 4.69) is 17.5 Å². The van der Waals surface area contributed by atoms with Crippen LogP contribution in [0.3, 0.4) is 0 Å². The van der Waals surface area contributed by atoms with Crippen molar-refractivity contribution in [2.45, 2.75) is 26.7 Å². The van der Waals surface area contributed by atoms with Crippen LogP contribution in [0.15, 0.2) is 30.4 Å². The van der Waals surface area contributed by atoms with Gasteiger partial charge in [-0.05, 0) is 44.2 Å². The molecule has 4 atom stereocenters. The van der Waals surface area contributed by atoms with Crippen molar-refractivity contribution in [2.75, 3.05) is 25.1 Å². The molecule has 3 aliphatic rings. The third-order valence-corrected chi connectivity index (χ3v) is 5.96. The third-order valence-electron chi connectivity index (χ3n) is 5.96. The molecule has 1 aliphatic heterocycles. The molecule has 7 nitrogen and oxygen atoms in total. The first-order valence-corrected chi connectivity index (χ1v) is 10.3. The normalized spacial score (nSPS) is 26.8. The maximum atomic E-state index is 12.7. The molecule has 2 fully saturated rings. The van der Waals surface area contributed by atoms with Gasteiger partial charge in [0.05, 0.1) is 30.7 Å². The summed E-state index contributed by atoms with van der Waals surface area (Å²) in [6, 6.07) is 5.25. The molecule has 1 saturated carbocycles. The maximum Gasteiger partial charge on any atom is 0.233 e. The van der Waals surface area contributed by atoms with Crippen molar-refractivity contribution in [3.8, 4) is 11.5 Å². The fourth-order valence-corrected chi connectivity index (χ4v) is 4.76. The van der Waals surface area contributed by atoms with Gasteiger partial charge in [0, 0.05) is 19.0 Å². The van der Waals surface area contributed by atoms with Gasteiger partial charge in [-0.15, -0.1) is 0 Å². The average Bonchev–Trinajstić information content (AvgIpc) is 3.37. The highest BCUT2D eigenvalue weighted by Gasteiger charge is 2.59. The minimum Gasteiger partial charge on any atom is -0.494 e. The van der Waals surface area contributed by atoms with E-state index in [1.165, 1.54) is 4.90 Å². The predicted molar refractivity (Wildman–Crippen MR) is 106 cm³/mol. The number of rotatable bonds is 8. The summed E-state index contributed by atoms with van der Waals surface area (Å²) in [6.07, 6.45) is 5.07. The minimum atomic E-state index is -0.279. The fraction of sp³-hybridized carbons (Fsp3) is 0.500. The summed E-state index contributed by atoms with van der Waals surface area (Å²) in [5, 5.41) is 2.82. The van der Waals surface area contributed by atoms with Gasteiger partial charge in [0.2, 0.25) is 17.7 Å².